The van der Waals surface area contributed by atoms with Crippen molar-refractivity contribution >= 4 is 29.9 Å². The van der Waals surface area contributed by atoms with Crippen molar-refractivity contribution in [3.8, 4) is 0 Å². The summed E-state index contributed by atoms with van der Waals surface area (Å²) >= 11 is 0. The zero-order chi connectivity index (χ0) is 34.0. The lowest BCUT2D eigenvalue weighted by molar-refractivity contribution is -0.190. The van der Waals surface area contributed by atoms with E-state index in [1.54, 1.807) is 44.2 Å². The highest BCUT2D eigenvalue weighted by molar-refractivity contribution is 5.94. The quantitative estimate of drug-likeness (QED) is 0.110. The van der Waals surface area contributed by atoms with Gasteiger partial charge in [0.2, 0.25) is 12.0 Å². The van der Waals surface area contributed by atoms with Crippen LogP contribution in [0.2, 0.25) is 0 Å². The Kier molecular flexibility index (Phi) is 12.8. The number of hydrogen-bond donors (Lipinski definition) is 2. The number of benzene rings is 1. The van der Waals surface area contributed by atoms with Gasteiger partial charge in [-0.1, -0.05) is 65.5 Å². The Morgan fingerprint density at radius 2 is 1.68 bits per heavy atom. The summed E-state index contributed by atoms with van der Waals surface area (Å²) in [5, 5.41) is 11.9. The van der Waals surface area contributed by atoms with Crippen molar-refractivity contribution in [1.82, 2.24) is 5.32 Å². The SMILES string of the molecule is CCCCCC1(CCCCC)OC2C=C(C(=O)NCCO)CC(OC(=O)c3ccc(C=CC(=O)OC4C(=O)OCC4(C)C)cc3)C2O1. The van der Waals surface area contributed by atoms with Crippen LogP contribution in [0.25, 0.3) is 6.08 Å². The number of carbonyl (C=O) groups excluding carboxylic acids is 4. The van der Waals surface area contributed by atoms with Gasteiger partial charge in [-0.15, -0.1) is 0 Å². The number of aliphatic hydroxyl groups is 1. The average molecular weight is 656 g/mol. The molecule has 2 N–H and O–H groups in total. The molecule has 2 heterocycles. The van der Waals surface area contributed by atoms with Gasteiger partial charge in [0.15, 0.2) is 5.79 Å². The molecular weight excluding hydrogens is 606 g/mol. The van der Waals surface area contributed by atoms with E-state index in [2.05, 4.69) is 19.2 Å². The van der Waals surface area contributed by atoms with Crippen LogP contribution in [-0.2, 0) is 38.1 Å². The van der Waals surface area contributed by atoms with Crippen LogP contribution in [0.5, 0.6) is 0 Å². The van der Waals surface area contributed by atoms with Crippen molar-refractivity contribution in [2.24, 2.45) is 5.41 Å². The van der Waals surface area contributed by atoms with Crippen molar-refractivity contribution in [2.45, 2.75) is 116 Å². The number of esters is 3. The smallest absolute Gasteiger partial charge is 0.348 e. The summed E-state index contributed by atoms with van der Waals surface area (Å²) in [6, 6.07) is 6.49. The van der Waals surface area contributed by atoms with E-state index in [1.165, 1.54) is 12.2 Å². The normalized spacial score (nSPS) is 24.4. The van der Waals surface area contributed by atoms with Crippen molar-refractivity contribution in [3.05, 3.63) is 53.1 Å². The highest BCUT2D eigenvalue weighted by atomic mass is 16.8. The molecular formula is C36H49NO10. The number of nitrogens with one attached hydrogen (secondary N) is 1. The van der Waals surface area contributed by atoms with E-state index in [0.717, 1.165) is 38.5 Å². The molecule has 1 amide bonds. The molecule has 1 aromatic rings. The highest BCUT2D eigenvalue weighted by Gasteiger charge is 2.52. The summed E-state index contributed by atoms with van der Waals surface area (Å²) in [4.78, 5) is 50.6. The molecule has 11 heteroatoms. The van der Waals surface area contributed by atoms with Gasteiger partial charge in [0.05, 0.1) is 12.2 Å². The zero-order valence-electron chi connectivity index (χ0n) is 28.0. The summed E-state index contributed by atoms with van der Waals surface area (Å²) < 4.78 is 29.6. The second kappa shape index (κ2) is 16.5. The van der Waals surface area contributed by atoms with E-state index in [-0.39, 0.29) is 37.6 Å². The summed E-state index contributed by atoms with van der Waals surface area (Å²) in [7, 11) is 0. The van der Waals surface area contributed by atoms with Crippen molar-refractivity contribution in [3.63, 3.8) is 0 Å². The Balaban J connectivity index is 1.45. The molecule has 1 aliphatic carbocycles. The van der Waals surface area contributed by atoms with E-state index in [4.69, 9.17) is 23.7 Å². The van der Waals surface area contributed by atoms with Crippen LogP contribution < -0.4 is 5.32 Å². The Morgan fingerprint density at radius 1 is 1.00 bits per heavy atom. The minimum atomic E-state index is -0.973. The zero-order valence-corrected chi connectivity index (χ0v) is 28.0. The molecule has 0 spiro atoms. The minimum absolute atomic E-state index is 0.105. The van der Waals surface area contributed by atoms with E-state index in [1.807, 2.05) is 0 Å². The molecule has 2 fully saturated rings. The van der Waals surface area contributed by atoms with Crippen molar-refractivity contribution in [2.75, 3.05) is 19.8 Å². The molecule has 0 aromatic heterocycles. The molecule has 11 nitrogen and oxygen atoms in total. The molecule has 0 radical (unpaired) electrons. The minimum Gasteiger partial charge on any atom is -0.462 e. The highest BCUT2D eigenvalue weighted by Crippen LogP contribution is 2.43. The summed E-state index contributed by atoms with van der Waals surface area (Å²) in [6.45, 7) is 7.95. The fourth-order valence-electron chi connectivity index (χ4n) is 6.07. The van der Waals surface area contributed by atoms with Crippen LogP contribution in [0.1, 0.15) is 101 Å². The van der Waals surface area contributed by atoms with Gasteiger partial charge in [-0.2, -0.15) is 0 Å². The molecule has 1 aromatic carbocycles. The summed E-state index contributed by atoms with van der Waals surface area (Å²) in [5.41, 5.74) is 0.725. The molecule has 258 valence electrons. The first-order valence-electron chi connectivity index (χ1n) is 16.8. The van der Waals surface area contributed by atoms with Gasteiger partial charge < -0.3 is 34.1 Å². The molecule has 2 saturated heterocycles. The Morgan fingerprint density at radius 3 is 2.28 bits per heavy atom. The van der Waals surface area contributed by atoms with Gasteiger partial charge in [0.1, 0.15) is 24.9 Å². The molecule has 4 unspecified atom stereocenters. The van der Waals surface area contributed by atoms with Crippen LogP contribution >= 0.6 is 0 Å². The van der Waals surface area contributed by atoms with E-state index < -0.39 is 53.5 Å². The average Bonchev–Trinajstić information content (AvgIpc) is 3.55. The first-order valence-corrected chi connectivity index (χ1v) is 16.8. The Labute approximate surface area is 277 Å². The maximum atomic E-state index is 13.4. The number of amides is 1. The van der Waals surface area contributed by atoms with Gasteiger partial charge in [-0.3, -0.25) is 4.79 Å². The van der Waals surface area contributed by atoms with E-state index >= 15 is 0 Å². The molecule has 0 saturated carbocycles. The fraction of sp³-hybridized carbons (Fsp3) is 0.611. The molecule has 0 bridgehead atoms. The maximum Gasteiger partial charge on any atom is 0.348 e. The Bertz CT molecular complexity index is 1310. The third-order valence-electron chi connectivity index (χ3n) is 8.75. The maximum absolute atomic E-state index is 13.4. The van der Waals surface area contributed by atoms with Crippen LogP contribution in [-0.4, -0.2) is 78.9 Å². The third kappa shape index (κ3) is 9.52. The van der Waals surface area contributed by atoms with Crippen molar-refractivity contribution < 1.29 is 48.0 Å². The number of hydrogen-bond acceptors (Lipinski definition) is 10. The van der Waals surface area contributed by atoms with E-state index in [9.17, 15) is 24.3 Å². The molecule has 3 aliphatic rings. The number of unbranched alkanes of at least 4 members (excludes halogenated alkanes) is 4. The number of carbonyl (C=O) groups is 4. The second-order valence-electron chi connectivity index (χ2n) is 13.2. The van der Waals surface area contributed by atoms with Gasteiger partial charge in [-0.25, -0.2) is 14.4 Å². The number of ether oxygens (including phenoxy) is 5. The predicted octanol–water partition coefficient (Wildman–Crippen LogP) is 4.80. The summed E-state index contributed by atoms with van der Waals surface area (Å²) in [6.07, 6.45) is 9.26. The van der Waals surface area contributed by atoms with Gasteiger partial charge >= 0.3 is 17.9 Å². The number of aliphatic hydroxyl groups excluding tert-OH is 1. The first-order chi connectivity index (χ1) is 22.5. The molecule has 4 atom stereocenters. The van der Waals surface area contributed by atoms with Crippen molar-refractivity contribution in [1.29, 1.82) is 0 Å². The van der Waals surface area contributed by atoms with Gasteiger partial charge in [0.25, 0.3) is 0 Å². The second-order valence-corrected chi connectivity index (χ2v) is 13.2. The monoisotopic (exact) mass is 655 g/mol. The number of rotatable bonds is 16. The van der Waals surface area contributed by atoms with Gasteiger partial charge in [-0.05, 0) is 42.7 Å². The fourth-order valence-corrected chi connectivity index (χ4v) is 6.07. The largest absolute Gasteiger partial charge is 0.462 e. The lowest BCUT2D eigenvalue weighted by Gasteiger charge is -2.31. The molecule has 2 aliphatic heterocycles. The lowest BCUT2D eigenvalue weighted by Crippen LogP contribution is -2.43. The van der Waals surface area contributed by atoms with Gasteiger partial charge in [0, 0.05) is 42.9 Å². The van der Waals surface area contributed by atoms with Crippen LogP contribution in [0, 0.1) is 5.41 Å². The number of fused-ring (bicyclic) bond motifs is 1. The first kappa shape index (κ1) is 36.3. The van der Waals surface area contributed by atoms with Crippen LogP contribution in [0.15, 0.2) is 42.0 Å². The number of cyclic esters (lactones) is 1. The predicted molar refractivity (Wildman–Crippen MR) is 173 cm³/mol. The van der Waals surface area contributed by atoms with Crippen LogP contribution in [0.3, 0.4) is 0 Å². The summed E-state index contributed by atoms with van der Waals surface area (Å²) in [5.74, 6) is -2.99. The topological polar surface area (TPSA) is 147 Å². The Hall–Kier alpha value is -3.54. The standard InChI is InChI=1S/C36H49NO10/c1-5-7-9-17-36(18-10-8-6-2)46-28-22-26(32(40)37-19-20-38)21-27(30(28)47-36)44-33(41)25-14-11-24(12-15-25)13-16-29(39)45-31-34(42)43-23-35(31,3)4/h11-16,22,27-28,30-31,38H,5-10,17-21,23H2,1-4H3,(H,37,40). The van der Waals surface area contributed by atoms with E-state index in [0.29, 0.717) is 24.0 Å². The van der Waals surface area contributed by atoms with Crippen LogP contribution in [0.4, 0.5) is 0 Å². The molecule has 4 rings (SSSR count). The lowest BCUT2D eigenvalue weighted by atomic mass is 9.90. The molecule has 47 heavy (non-hydrogen) atoms. The third-order valence-corrected chi connectivity index (χ3v) is 8.75.